The molecule has 1 fully saturated rings. The standard InChI is InChI=1S/C16H24F2N2/c1-14(20-10-6-3-7-11-20)12-19-13-16(17,18)15-8-4-2-5-9-15/h2,4-5,8-9,14,19H,3,6-7,10-13H2,1H3. The van der Waals surface area contributed by atoms with Gasteiger partial charge in [0, 0.05) is 18.2 Å². The molecule has 20 heavy (non-hydrogen) atoms. The van der Waals surface area contributed by atoms with Crippen LogP contribution >= 0.6 is 0 Å². The lowest BCUT2D eigenvalue weighted by atomic mass is 10.1. The normalized spacial score (nSPS) is 18.9. The van der Waals surface area contributed by atoms with Gasteiger partial charge in [-0.05, 0) is 32.9 Å². The van der Waals surface area contributed by atoms with Gasteiger partial charge in [0.05, 0.1) is 6.54 Å². The highest BCUT2D eigenvalue weighted by Gasteiger charge is 2.31. The van der Waals surface area contributed by atoms with Crippen LogP contribution in [0.2, 0.25) is 0 Å². The number of alkyl halides is 2. The van der Waals surface area contributed by atoms with Crippen molar-refractivity contribution in [1.82, 2.24) is 10.2 Å². The van der Waals surface area contributed by atoms with Crippen molar-refractivity contribution >= 4 is 0 Å². The first-order valence-electron chi connectivity index (χ1n) is 7.48. The average molecular weight is 282 g/mol. The van der Waals surface area contributed by atoms with Crippen LogP contribution in [0.15, 0.2) is 30.3 Å². The molecule has 1 saturated heterocycles. The summed E-state index contributed by atoms with van der Waals surface area (Å²) < 4.78 is 27.9. The van der Waals surface area contributed by atoms with Crippen LogP contribution in [0, 0.1) is 0 Å². The average Bonchev–Trinajstić information content (AvgIpc) is 2.49. The third-order valence-electron chi connectivity index (χ3n) is 4.00. The van der Waals surface area contributed by atoms with Gasteiger partial charge in [-0.1, -0.05) is 36.8 Å². The van der Waals surface area contributed by atoms with Crippen molar-refractivity contribution in [2.24, 2.45) is 0 Å². The molecule has 0 amide bonds. The third kappa shape index (κ3) is 4.25. The summed E-state index contributed by atoms with van der Waals surface area (Å²) in [6, 6.07) is 8.35. The first-order valence-corrected chi connectivity index (χ1v) is 7.48. The Morgan fingerprint density at radius 1 is 1.15 bits per heavy atom. The highest BCUT2D eigenvalue weighted by molar-refractivity contribution is 5.20. The number of rotatable bonds is 6. The van der Waals surface area contributed by atoms with Gasteiger partial charge in [-0.25, -0.2) is 0 Å². The zero-order chi connectivity index (χ0) is 14.4. The molecule has 0 radical (unpaired) electrons. The van der Waals surface area contributed by atoms with Gasteiger partial charge >= 0.3 is 0 Å². The lowest BCUT2D eigenvalue weighted by molar-refractivity contribution is -0.00460. The maximum Gasteiger partial charge on any atom is 0.285 e. The molecule has 1 aliphatic heterocycles. The first-order chi connectivity index (χ1) is 9.59. The second kappa shape index (κ2) is 7.14. The lowest BCUT2D eigenvalue weighted by Gasteiger charge is -2.32. The molecule has 0 aliphatic carbocycles. The molecule has 2 rings (SSSR count). The molecule has 1 aromatic carbocycles. The Bertz CT molecular complexity index is 389. The van der Waals surface area contributed by atoms with Gasteiger partial charge in [0.1, 0.15) is 0 Å². The number of piperidine rings is 1. The molecular weight excluding hydrogens is 258 g/mol. The highest BCUT2D eigenvalue weighted by Crippen LogP contribution is 2.26. The van der Waals surface area contributed by atoms with Crippen LogP contribution in [-0.2, 0) is 5.92 Å². The van der Waals surface area contributed by atoms with E-state index in [0.717, 1.165) is 13.1 Å². The topological polar surface area (TPSA) is 15.3 Å². The SMILES string of the molecule is CC(CNCC(F)(F)c1ccccc1)N1CCCCC1. The van der Waals surface area contributed by atoms with Crippen LogP contribution in [0.25, 0.3) is 0 Å². The molecular formula is C16H24F2N2. The summed E-state index contributed by atoms with van der Waals surface area (Å²) in [4.78, 5) is 2.39. The number of nitrogens with zero attached hydrogens (tertiary/aromatic N) is 1. The van der Waals surface area contributed by atoms with Crippen LogP contribution in [-0.4, -0.2) is 37.1 Å². The minimum atomic E-state index is -2.80. The van der Waals surface area contributed by atoms with Crippen LogP contribution in [0.4, 0.5) is 8.78 Å². The van der Waals surface area contributed by atoms with Crippen molar-refractivity contribution in [3.63, 3.8) is 0 Å². The zero-order valence-corrected chi connectivity index (χ0v) is 12.1. The van der Waals surface area contributed by atoms with Gasteiger partial charge in [-0.2, -0.15) is 8.78 Å². The van der Waals surface area contributed by atoms with Crippen molar-refractivity contribution in [2.75, 3.05) is 26.2 Å². The van der Waals surface area contributed by atoms with E-state index < -0.39 is 5.92 Å². The Hall–Kier alpha value is -1.00. The van der Waals surface area contributed by atoms with Gasteiger partial charge < -0.3 is 5.32 Å². The molecule has 0 bridgehead atoms. The van der Waals surface area contributed by atoms with Crippen molar-refractivity contribution in [3.05, 3.63) is 35.9 Å². The van der Waals surface area contributed by atoms with E-state index in [1.807, 2.05) is 0 Å². The zero-order valence-electron chi connectivity index (χ0n) is 12.1. The van der Waals surface area contributed by atoms with E-state index in [4.69, 9.17) is 0 Å². The van der Waals surface area contributed by atoms with Gasteiger partial charge in [0.2, 0.25) is 0 Å². The molecule has 2 nitrogen and oxygen atoms in total. The number of halogens is 2. The summed E-state index contributed by atoms with van der Waals surface area (Å²) >= 11 is 0. The maximum absolute atomic E-state index is 14.0. The Balaban J connectivity index is 1.77. The van der Waals surface area contributed by atoms with E-state index in [0.29, 0.717) is 12.6 Å². The van der Waals surface area contributed by atoms with Crippen LogP contribution in [0.3, 0.4) is 0 Å². The van der Waals surface area contributed by atoms with Crippen molar-refractivity contribution < 1.29 is 8.78 Å². The van der Waals surface area contributed by atoms with Gasteiger partial charge in [-0.3, -0.25) is 4.90 Å². The summed E-state index contributed by atoms with van der Waals surface area (Å²) in [6.07, 6.45) is 3.75. The Morgan fingerprint density at radius 3 is 2.45 bits per heavy atom. The molecule has 0 spiro atoms. The van der Waals surface area contributed by atoms with E-state index >= 15 is 0 Å². The monoisotopic (exact) mass is 282 g/mol. The van der Waals surface area contributed by atoms with Crippen molar-refractivity contribution in [2.45, 2.75) is 38.2 Å². The Labute approximate surface area is 120 Å². The van der Waals surface area contributed by atoms with Crippen LogP contribution in [0.1, 0.15) is 31.7 Å². The van der Waals surface area contributed by atoms with Crippen molar-refractivity contribution in [3.8, 4) is 0 Å². The number of benzene rings is 1. The summed E-state index contributed by atoms with van der Waals surface area (Å²) in [5.41, 5.74) is 0.0816. The quantitative estimate of drug-likeness (QED) is 0.861. The fourth-order valence-electron chi connectivity index (χ4n) is 2.71. The molecule has 4 heteroatoms. The summed E-state index contributed by atoms with van der Waals surface area (Å²) in [5, 5.41) is 2.93. The predicted molar refractivity (Wildman–Crippen MR) is 78.1 cm³/mol. The Kier molecular flexibility index (Phi) is 5.49. The molecule has 1 atom stereocenters. The first kappa shape index (κ1) is 15.4. The summed E-state index contributed by atoms with van der Waals surface area (Å²) in [7, 11) is 0. The second-order valence-electron chi connectivity index (χ2n) is 5.65. The van der Waals surface area contributed by atoms with E-state index in [1.54, 1.807) is 18.2 Å². The lowest BCUT2D eigenvalue weighted by Crippen LogP contribution is -2.45. The molecule has 1 unspecified atom stereocenters. The van der Waals surface area contributed by atoms with E-state index in [9.17, 15) is 8.78 Å². The highest BCUT2D eigenvalue weighted by atomic mass is 19.3. The molecule has 0 saturated carbocycles. The van der Waals surface area contributed by atoms with Gasteiger partial charge in [0.25, 0.3) is 5.92 Å². The van der Waals surface area contributed by atoms with E-state index in [-0.39, 0.29) is 12.1 Å². The number of hydrogen-bond acceptors (Lipinski definition) is 2. The molecule has 1 N–H and O–H groups in total. The van der Waals surface area contributed by atoms with Crippen LogP contribution in [0.5, 0.6) is 0 Å². The Morgan fingerprint density at radius 2 is 1.80 bits per heavy atom. The second-order valence-corrected chi connectivity index (χ2v) is 5.65. The fourth-order valence-corrected chi connectivity index (χ4v) is 2.71. The number of nitrogens with one attached hydrogen (secondary N) is 1. The summed E-state index contributed by atoms with van der Waals surface area (Å²) in [6.45, 7) is 4.62. The minimum absolute atomic E-state index is 0.0816. The minimum Gasteiger partial charge on any atom is -0.309 e. The largest absolute Gasteiger partial charge is 0.309 e. The van der Waals surface area contributed by atoms with Gasteiger partial charge in [0.15, 0.2) is 0 Å². The smallest absolute Gasteiger partial charge is 0.285 e. The van der Waals surface area contributed by atoms with Crippen LogP contribution < -0.4 is 5.32 Å². The molecule has 112 valence electrons. The molecule has 1 aromatic rings. The maximum atomic E-state index is 14.0. The van der Waals surface area contributed by atoms with Crippen molar-refractivity contribution in [1.29, 1.82) is 0 Å². The van der Waals surface area contributed by atoms with E-state index in [1.165, 1.54) is 31.4 Å². The van der Waals surface area contributed by atoms with Gasteiger partial charge in [-0.15, -0.1) is 0 Å². The third-order valence-corrected chi connectivity index (χ3v) is 4.00. The fraction of sp³-hybridized carbons (Fsp3) is 0.625. The predicted octanol–water partition coefficient (Wildman–Crippen LogP) is 3.24. The molecule has 1 heterocycles. The molecule has 0 aromatic heterocycles. The number of likely N-dealkylation sites (tertiary alicyclic amines) is 1. The van der Waals surface area contributed by atoms with E-state index in [2.05, 4.69) is 17.1 Å². The molecule has 1 aliphatic rings. The number of hydrogen-bond donors (Lipinski definition) is 1. The summed E-state index contributed by atoms with van der Waals surface area (Å²) in [5.74, 6) is -2.80.